The lowest BCUT2D eigenvalue weighted by Crippen LogP contribution is -2.67. The van der Waals surface area contributed by atoms with E-state index in [0.29, 0.717) is 19.6 Å². The van der Waals surface area contributed by atoms with Crippen molar-refractivity contribution in [2.45, 2.75) is 25.3 Å². The van der Waals surface area contributed by atoms with E-state index in [0.717, 1.165) is 30.6 Å². The quantitative estimate of drug-likeness (QED) is 0.564. The molecule has 2 atom stereocenters. The number of carbonyl (C=O) groups excluding carboxylic acids is 3. The van der Waals surface area contributed by atoms with Crippen LogP contribution in [0.3, 0.4) is 0 Å². The Hall–Kier alpha value is -2.30. The largest absolute Gasteiger partial charge is 0.332 e. The average Bonchev–Trinajstić information content (AvgIpc) is 3.20. The molecule has 8 nitrogen and oxygen atoms in total. The van der Waals surface area contributed by atoms with Gasteiger partial charge in [-0.25, -0.2) is 4.79 Å². The highest BCUT2D eigenvalue weighted by molar-refractivity contribution is 9.11. The number of pyridine rings is 1. The molecular formula is C23H25BrN4O4S. The van der Waals surface area contributed by atoms with Crippen LogP contribution >= 0.6 is 27.3 Å². The predicted octanol–water partition coefficient (Wildman–Crippen LogP) is 2.37. The SMILES string of the molecule is CN1C(=O)N(C)C(=O)C(Cc2ccc(Br)s2)(CN2CC3CC(C2)c2cccc(=O)n2C3)C1=O. The summed E-state index contributed by atoms with van der Waals surface area (Å²) in [6.45, 7) is 2.26. The number of thiophene rings is 1. The number of piperidine rings is 1. The highest BCUT2D eigenvalue weighted by atomic mass is 79.9. The van der Waals surface area contributed by atoms with Crippen molar-refractivity contribution in [2.24, 2.45) is 11.3 Å². The van der Waals surface area contributed by atoms with E-state index >= 15 is 0 Å². The third kappa shape index (κ3) is 3.68. The molecule has 2 fully saturated rings. The van der Waals surface area contributed by atoms with Crippen LogP contribution in [-0.2, 0) is 22.6 Å². The summed E-state index contributed by atoms with van der Waals surface area (Å²) < 4.78 is 2.79. The maximum Gasteiger partial charge on any atom is 0.332 e. The Morgan fingerprint density at radius 2 is 1.73 bits per heavy atom. The summed E-state index contributed by atoms with van der Waals surface area (Å²) in [5.41, 5.74) is -0.329. The molecule has 2 aromatic rings. The van der Waals surface area contributed by atoms with Crippen molar-refractivity contribution < 1.29 is 14.4 Å². The highest BCUT2D eigenvalue weighted by Gasteiger charge is 2.56. The normalized spacial score (nSPS) is 24.9. The molecule has 3 aliphatic rings. The van der Waals surface area contributed by atoms with E-state index in [-0.39, 0.29) is 30.4 Å². The number of likely N-dealkylation sites (tertiary alicyclic amines) is 1. The number of nitrogens with zero attached hydrogens (tertiary/aromatic N) is 4. The molecule has 2 aromatic heterocycles. The molecule has 10 heteroatoms. The Morgan fingerprint density at radius 3 is 2.39 bits per heavy atom. The second-order valence-electron chi connectivity index (χ2n) is 9.37. The first-order chi connectivity index (χ1) is 15.7. The van der Waals surface area contributed by atoms with Gasteiger partial charge in [0.25, 0.3) is 5.56 Å². The monoisotopic (exact) mass is 532 g/mol. The fraction of sp³-hybridized carbons (Fsp3) is 0.478. The van der Waals surface area contributed by atoms with Crippen molar-refractivity contribution in [2.75, 3.05) is 33.7 Å². The smallest absolute Gasteiger partial charge is 0.312 e. The number of halogens is 1. The molecule has 0 aliphatic carbocycles. The van der Waals surface area contributed by atoms with Crippen LogP contribution in [0.2, 0.25) is 0 Å². The summed E-state index contributed by atoms with van der Waals surface area (Å²) in [6.07, 6.45) is 1.23. The van der Waals surface area contributed by atoms with Crippen molar-refractivity contribution in [1.82, 2.24) is 19.3 Å². The zero-order chi connectivity index (χ0) is 23.5. The van der Waals surface area contributed by atoms with Gasteiger partial charge in [-0.3, -0.25) is 24.2 Å². The summed E-state index contributed by atoms with van der Waals surface area (Å²) in [4.78, 5) is 57.2. The second-order valence-corrected chi connectivity index (χ2v) is 11.9. The summed E-state index contributed by atoms with van der Waals surface area (Å²) in [6, 6.07) is 8.62. The number of amides is 4. The molecule has 0 radical (unpaired) electrons. The van der Waals surface area contributed by atoms with Crippen LogP contribution in [0.25, 0.3) is 0 Å². The van der Waals surface area contributed by atoms with Gasteiger partial charge in [-0.2, -0.15) is 0 Å². The number of imide groups is 2. The van der Waals surface area contributed by atoms with Crippen molar-refractivity contribution in [3.8, 4) is 0 Å². The Kier molecular flexibility index (Phi) is 5.57. The van der Waals surface area contributed by atoms with Crippen LogP contribution in [0.15, 0.2) is 38.9 Å². The number of urea groups is 1. The van der Waals surface area contributed by atoms with Crippen molar-refractivity contribution in [1.29, 1.82) is 0 Å². The van der Waals surface area contributed by atoms with Crippen LogP contribution < -0.4 is 5.56 Å². The molecule has 4 amide bonds. The van der Waals surface area contributed by atoms with Gasteiger partial charge in [-0.05, 0) is 46.5 Å². The number of rotatable bonds is 4. The van der Waals surface area contributed by atoms with Crippen molar-refractivity contribution in [3.05, 3.63) is 55.0 Å². The van der Waals surface area contributed by atoms with Gasteiger partial charge in [-0.1, -0.05) is 6.07 Å². The lowest BCUT2D eigenvalue weighted by molar-refractivity contribution is -0.159. The van der Waals surface area contributed by atoms with Gasteiger partial charge in [0.1, 0.15) is 5.41 Å². The lowest BCUT2D eigenvalue weighted by Gasteiger charge is -2.48. The van der Waals surface area contributed by atoms with Crippen LogP contribution in [0.1, 0.15) is 22.9 Å². The average molecular weight is 533 g/mol. The molecule has 5 heterocycles. The molecule has 0 N–H and O–H groups in total. The van der Waals surface area contributed by atoms with E-state index in [1.54, 1.807) is 12.1 Å². The van der Waals surface area contributed by atoms with Crippen LogP contribution in [0, 0.1) is 11.3 Å². The topological polar surface area (TPSA) is 82.9 Å². The fourth-order valence-corrected chi connectivity index (χ4v) is 7.32. The van der Waals surface area contributed by atoms with Crippen LogP contribution in [0.4, 0.5) is 4.79 Å². The highest BCUT2D eigenvalue weighted by Crippen LogP contribution is 2.40. The van der Waals surface area contributed by atoms with Crippen LogP contribution in [0.5, 0.6) is 0 Å². The summed E-state index contributed by atoms with van der Waals surface area (Å²) in [7, 11) is 2.89. The molecule has 5 rings (SSSR count). The van der Waals surface area contributed by atoms with E-state index in [1.807, 2.05) is 22.8 Å². The zero-order valence-electron chi connectivity index (χ0n) is 18.5. The van der Waals surface area contributed by atoms with Gasteiger partial charge in [0.05, 0.1) is 3.79 Å². The van der Waals surface area contributed by atoms with Gasteiger partial charge >= 0.3 is 6.03 Å². The van der Waals surface area contributed by atoms with Crippen LogP contribution in [-0.4, -0.2) is 70.8 Å². The van der Waals surface area contributed by atoms with Gasteiger partial charge in [0.15, 0.2) is 0 Å². The van der Waals surface area contributed by atoms with E-state index in [1.165, 1.54) is 25.4 Å². The molecule has 2 unspecified atom stereocenters. The number of aromatic nitrogens is 1. The molecule has 3 aliphatic heterocycles. The summed E-state index contributed by atoms with van der Waals surface area (Å²) >= 11 is 4.96. The summed E-state index contributed by atoms with van der Waals surface area (Å²) in [5, 5.41) is 0. The molecule has 2 saturated heterocycles. The molecule has 0 spiro atoms. The Bertz CT molecular complexity index is 1180. The molecule has 0 saturated carbocycles. The first kappa shape index (κ1) is 22.5. The van der Waals surface area contributed by atoms with Gasteiger partial charge in [0, 0.05) is 69.3 Å². The fourth-order valence-electron chi connectivity index (χ4n) is 5.73. The number of hydrogen-bond donors (Lipinski definition) is 0. The van der Waals surface area contributed by atoms with E-state index in [9.17, 15) is 19.2 Å². The second kappa shape index (κ2) is 8.18. The maximum atomic E-state index is 13.6. The van der Waals surface area contributed by atoms with Crippen molar-refractivity contribution in [3.63, 3.8) is 0 Å². The molecule has 2 bridgehead atoms. The number of fused-ring (bicyclic) bond motifs is 4. The predicted molar refractivity (Wildman–Crippen MR) is 127 cm³/mol. The first-order valence-corrected chi connectivity index (χ1v) is 12.6. The number of hydrogen-bond acceptors (Lipinski definition) is 6. The maximum absolute atomic E-state index is 13.6. The summed E-state index contributed by atoms with van der Waals surface area (Å²) in [5.74, 6) is -0.458. The molecule has 33 heavy (non-hydrogen) atoms. The third-order valence-electron chi connectivity index (χ3n) is 7.16. The number of barbiturate groups is 1. The van der Waals surface area contributed by atoms with Gasteiger partial charge in [-0.15, -0.1) is 11.3 Å². The number of carbonyl (C=O) groups is 3. The van der Waals surface area contributed by atoms with E-state index in [4.69, 9.17) is 0 Å². The minimum absolute atomic E-state index is 0.0230. The third-order valence-corrected chi connectivity index (χ3v) is 8.78. The van der Waals surface area contributed by atoms with E-state index in [2.05, 4.69) is 20.8 Å². The molecule has 174 valence electrons. The minimum atomic E-state index is -1.37. The minimum Gasteiger partial charge on any atom is -0.312 e. The Balaban J connectivity index is 1.50. The van der Waals surface area contributed by atoms with Gasteiger partial charge in [0.2, 0.25) is 11.8 Å². The molecule has 0 aromatic carbocycles. The lowest BCUT2D eigenvalue weighted by atomic mass is 9.76. The van der Waals surface area contributed by atoms with Gasteiger partial charge < -0.3 is 9.47 Å². The first-order valence-electron chi connectivity index (χ1n) is 11.0. The van der Waals surface area contributed by atoms with Crippen molar-refractivity contribution >= 4 is 45.1 Å². The molecular weight excluding hydrogens is 508 g/mol. The zero-order valence-corrected chi connectivity index (χ0v) is 20.9. The van der Waals surface area contributed by atoms with E-state index < -0.39 is 23.3 Å². The Labute approximate surface area is 203 Å². The standard InChI is InChI=1S/C23H25BrN4O4S/c1-25-20(30)23(21(31)26(2)22(25)32,9-16-6-7-18(24)33-16)13-27-10-14-8-15(12-27)17-4-3-5-19(29)28(17)11-14/h3-7,14-15H,8-13H2,1-2H3. The Morgan fingerprint density at radius 1 is 1.00 bits per heavy atom.